The molecule has 0 aliphatic heterocycles. The van der Waals surface area contributed by atoms with Crippen molar-refractivity contribution in [1.29, 1.82) is 0 Å². The summed E-state index contributed by atoms with van der Waals surface area (Å²) in [6.45, 7) is 0.507. The number of hydrogen-bond donors (Lipinski definition) is 1. The number of nitrogens with zero attached hydrogens (tertiary/aromatic N) is 1. The summed E-state index contributed by atoms with van der Waals surface area (Å²) in [4.78, 5) is 10.1. The third-order valence-corrected chi connectivity index (χ3v) is 3.25. The lowest BCUT2D eigenvalue weighted by atomic mass is 10.2. The van der Waals surface area contributed by atoms with Gasteiger partial charge in [0.05, 0.1) is 9.95 Å². The summed E-state index contributed by atoms with van der Waals surface area (Å²) in [5.41, 5.74) is 0.896. The molecule has 0 bridgehead atoms. The van der Waals surface area contributed by atoms with Crippen molar-refractivity contribution in [2.24, 2.45) is 0 Å². The molecule has 0 aliphatic carbocycles. The second-order valence-electron chi connectivity index (χ2n) is 4.37. The van der Waals surface area contributed by atoms with Crippen LogP contribution in [0.5, 0.6) is 0 Å². The fraction of sp³-hybridized carbons (Fsp3) is 0.143. The van der Waals surface area contributed by atoms with E-state index in [1.165, 1.54) is 30.3 Å². The van der Waals surface area contributed by atoms with Crippen LogP contribution < -0.4 is 5.32 Å². The maximum atomic E-state index is 13.4. The van der Waals surface area contributed by atoms with E-state index in [1.54, 1.807) is 0 Å². The molecule has 0 saturated heterocycles. The fourth-order valence-corrected chi connectivity index (χ4v) is 2.03. The first kappa shape index (κ1) is 15.3. The Hall–Kier alpha value is -2.05. The van der Waals surface area contributed by atoms with Gasteiger partial charge in [-0.2, -0.15) is 0 Å². The predicted molar refractivity (Wildman–Crippen MR) is 75.0 cm³/mol. The van der Waals surface area contributed by atoms with Gasteiger partial charge in [-0.05, 0) is 17.7 Å². The standard InChI is InChI=1S/C14H11ClF2N2O2/c15-13-6-12(19(20)21)4-2-9(13)7-18-8-10-1-3-11(16)5-14(10)17/h1-6,18H,7-8H2. The van der Waals surface area contributed by atoms with Crippen molar-refractivity contribution in [3.63, 3.8) is 0 Å². The van der Waals surface area contributed by atoms with Crippen LogP contribution >= 0.6 is 11.6 Å². The predicted octanol–water partition coefficient (Wildman–Crippen LogP) is 3.82. The van der Waals surface area contributed by atoms with Gasteiger partial charge in [0.1, 0.15) is 11.6 Å². The first-order chi connectivity index (χ1) is 9.97. The van der Waals surface area contributed by atoms with Crippen molar-refractivity contribution >= 4 is 17.3 Å². The zero-order chi connectivity index (χ0) is 15.4. The summed E-state index contributed by atoms with van der Waals surface area (Å²) < 4.78 is 26.2. The Bertz CT molecular complexity index is 680. The van der Waals surface area contributed by atoms with Crippen LogP contribution in [-0.2, 0) is 13.1 Å². The Labute approximate surface area is 124 Å². The zero-order valence-corrected chi connectivity index (χ0v) is 11.5. The third-order valence-electron chi connectivity index (χ3n) is 2.89. The second-order valence-corrected chi connectivity index (χ2v) is 4.78. The van der Waals surface area contributed by atoms with Gasteiger partial charge in [-0.3, -0.25) is 10.1 Å². The van der Waals surface area contributed by atoms with Gasteiger partial charge in [-0.25, -0.2) is 8.78 Å². The molecular formula is C14H11ClF2N2O2. The molecule has 0 atom stereocenters. The molecule has 0 unspecified atom stereocenters. The minimum Gasteiger partial charge on any atom is -0.308 e. The summed E-state index contributed by atoms with van der Waals surface area (Å²) in [5, 5.41) is 13.8. The van der Waals surface area contributed by atoms with Crippen molar-refractivity contribution in [1.82, 2.24) is 5.32 Å². The van der Waals surface area contributed by atoms with Crippen LogP contribution in [0.15, 0.2) is 36.4 Å². The molecule has 0 heterocycles. The fourth-order valence-electron chi connectivity index (χ4n) is 1.79. The van der Waals surface area contributed by atoms with Crippen LogP contribution in [0.1, 0.15) is 11.1 Å². The van der Waals surface area contributed by atoms with Crippen molar-refractivity contribution in [2.45, 2.75) is 13.1 Å². The summed E-state index contributed by atoms with van der Waals surface area (Å²) in [5.74, 6) is -1.26. The van der Waals surface area contributed by atoms with Crippen molar-refractivity contribution < 1.29 is 13.7 Å². The Morgan fingerprint density at radius 1 is 1.10 bits per heavy atom. The number of nitrogens with one attached hydrogen (secondary N) is 1. The quantitative estimate of drug-likeness (QED) is 0.674. The van der Waals surface area contributed by atoms with E-state index in [2.05, 4.69) is 5.32 Å². The summed E-state index contributed by atoms with van der Waals surface area (Å²) in [7, 11) is 0. The molecule has 2 aromatic carbocycles. The molecule has 0 saturated carbocycles. The number of nitro groups is 1. The average Bonchev–Trinajstić information content (AvgIpc) is 2.42. The van der Waals surface area contributed by atoms with E-state index in [-0.39, 0.29) is 17.3 Å². The van der Waals surface area contributed by atoms with Gasteiger partial charge in [-0.15, -0.1) is 0 Å². The molecule has 2 aromatic rings. The average molecular weight is 313 g/mol. The van der Waals surface area contributed by atoms with Crippen LogP contribution in [0.4, 0.5) is 14.5 Å². The monoisotopic (exact) mass is 312 g/mol. The summed E-state index contributed by atoms with van der Waals surface area (Å²) in [6, 6.07) is 7.50. The number of non-ortho nitro benzene ring substituents is 1. The Kier molecular flexibility index (Phi) is 4.82. The van der Waals surface area contributed by atoms with E-state index >= 15 is 0 Å². The normalized spacial score (nSPS) is 10.6. The topological polar surface area (TPSA) is 55.2 Å². The largest absolute Gasteiger partial charge is 0.308 e. The number of nitro benzene ring substituents is 1. The molecule has 2 rings (SSSR count). The molecule has 4 nitrogen and oxygen atoms in total. The van der Waals surface area contributed by atoms with Crippen LogP contribution in [0, 0.1) is 21.7 Å². The van der Waals surface area contributed by atoms with Gasteiger partial charge in [0.15, 0.2) is 0 Å². The Morgan fingerprint density at radius 2 is 1.76 bits per heavy atom. The number of halogens is 3. The minimum absolute atomic E-state index is 0.0895. The maximum absolute atomic E-state index is 13.4. The number of rotatable bonds is 5. The molecule has 0 fully saturated rings. The van der Waals surface area contributed by atoms with Crippen LogP contribution in [-0.4, -0.2) is 4.92 Å². The third kappa shape index (κ3) is 3.96. The van der Waals surface area contributed by atoms with E-state index in [9.17, 15) is 18.9 Å². The first-order valence-corrected chi connectivity index (χ1v) is 6.42. The highest BCUT2D eigenvalue weighted by atomic mass is 35.5. The van der Waals surface area contributed by atoms with E-state index < -0.39 is 16.6 Å². The van der Waals surface area contributed by atoms with Gasteiger partial charge in [0.2, 0.25) is 0 Å². The highest BCUT2D eigenvalue weighted by Crippen LogP contribution is 2.22. The highest BCUT2D eigenvalue weighted by molar-refractivity contribution is 6.31. The molecule has 7 heteroatoms. The lowest BCUT2D eigenvalue weighted by molar-refractivity contribution is -0.384. The molecular weight excluding hydrogens is 302 g/mol. The van der Waals surface area contributed by atoms with Crippen molar-refractivity contribution in [2.75, 3.05) is 0 Å². The molecule has 1 N–H and O–H groups in total. The number of benzene rings is 2. The smallest absolute Gasteiger partial charge is 0.270 e. The van der Waals surface area contributed by atoms with Gasteiger partial charge in [0.25, 0.3) is 5.69 Å². The maximum Gasteiger partial charge on any atom is 0.270 e. The van der Waals surface area contributed by atoms with Crippen molar-refractivity contribution in [3.05, 3.63) is 74.3 Å². The first-order valence-electron chi connectivity index (χ1n) is 6.05. The van der Waals surface area contributed by atoms with E-state index in [0.717, 1.165) is 6.07 Å². The van der Waals surface area contributed by atoms with E-state index in [0.29, 0.717) is 17.7 Å². The molecule has 0 amide bonds. The molecule has 0 aromatic heterocycles. The lowest BCUT2D eigenvalue weighted by Gasteiger charge is -2.08. The van der Waals surface area contributed by atoms with Gasteiger partial charge < -0.3 is 5.32 Å². The number of hydrogen-bond acceptors (Lipinski definition) is 3. The SMILES string of the molecule is O=[N+]([O-])c1ccc(CNCc2ccc(F)cc2F)c(Cl)c1. The summed E-state index contributed by atoms with van der Waals surface area (Å²) >= 11 is 5.94. The van der Waals surface area contributed by atoms with Crippen LogP contribution in [0.2, 0.25) is 5.02 Å². The van der Waals surface area contributed by atoms with Gasteiger partial charge >= 0.3 is 0 Å². The Balaban J connectivity index is 1.99. The zero-order valence-electron chi connectivity index (χ0n) is 10.8. The van der Waals surface area contributed by atoms with Gasteiger partial charge in [0, 0.05) is 36.9 Å². The van der Waals surface area contributed by atoms with Crippen molar-refractivity contribution in [3.8, 4) is 0 Å². The molecule has 21 heavy (non-hydrogen) atoms. The van der Waals surface area contributed by atoms with E-state index in [1.807, 2.05) is 0 Å². The van der Waals surface area contributed by atoms with Gasteiger partial charge in [-0.1, -0.05) is 17.7 Å². The highest BCUT2D eigenvalue weighted by Gasteiger charge is 2.09. The lowest BCUT2D eigenvalue weighted by Crippen LogP contribution is -2.14. The molecule has 110 valence electrons. The molecule has 0 radical (unpaired) electrons. The summed E-state index contributed by atoms with van der Waals surface area (Å²) in [6.07, 6.45) is 0. The van der Waals surface area contributed by atoms with Crippen LogP contribution in [0.25, 0.3) is 0 Å². The second kappa shape index (κ2) is 6.60. The van der Waals surface area contributed by atoms with Crippen LogP contribution in [0.3, 0.4) is 0 Å². The van der Waals surface area contributed by atoms with E-state index in [4.69, 9.17) is 11.6 Å². The molecule has 0 spiro atoms. The molecule has 0 aliphatic rings. The Morgan fingerprint density at radius 3 is 2.38 bits per heavy atom. The minimum atomic E-state index is -0.630.